The van der Waals surface area contributed by atoms with E-state index in [9.17, 15) is 28.8 Å². The number of anilines is 2. The van der Waals surface area contributed by atoms with Crippen LogP contribution in [0.1, 0.15) is 86.4 Å². The molecule has 2 aromatic carbocycles. The van der Waals surface area contributed by atoms with E-state index in [4.69, 9.17) is 9.47 Å². The molecule has 2 N–H and O–H groups in total. The molecule has 2 rings (SSSR count). The van der Waals surface area contributed by atoms with Crippen molar-refractivity contribution in [3.05, 3.63) is 58.7 Å². The van der Waals surface area contributed by atoms with Gasteiger partial charge in [-0.2, -0.15) is 0 Å². The van der Waals surface area contributed by atoms with Crippen molar-refractivity contribution in [1.29, 1.82) is 0 Å². The molecule has 12 heteroatoms. The van der Waals surface area contributed by atoms with Gasteiger partial charge in [-0.05, 0) is 49.2 Å². The molecule has 0 aliphatic carbocycles. The summed E-state index contributed by atoms with van der Waals surface area (Å²) in [7, 11) is 4.89. The van der Waals surface area contributed by atoms with Gasteiger partial charge in [0.1, 0.15) is 0 Å². The quantitative estimate of drug-likeness (QED) is 0.192. The number of unbranched alkanes of at least 4 members (excludes halogenated alkanes) is 4. The average molecular weight is 571 g/mol. The van der Waals surface area contributed by atoms with Gasteiger partial charge in [0.2, 0.25) is 11.8 Å². The fraction of sp³-hybridized carbons (Fsp3) is 0.379. The van der Waals surface area contributed by atoms with Crippen molar-refractivity contribution in [2.45, 2.75) is 44.9 Å². The van der Waals surface area contributed by atoms with Crippen LogP contribution in [0.3, 0.4) is 0 Å². The van der Waals surface area contributed by atoms with E-state index in [1.54, 1.807) is 0 Å². The van der Waals surface area contributed by atoms with Gasteiger partial charge < -0.3 is 29.6 Å². The molecule has 220 valence electrons. The molecule has 0 atom stereocenters. The van der Waals surface area contributed by atoms with Gasteiger partial charge >= 0.3 is 23.9 Å². The van der Waals surface area contributed by atoms with E-state index in [2.05, 4.69) is 20.1 Å². The van der Waals surface area contributed by atoms with E-state index in [0.29, 0.717) is 12.8 Å². The number of amides is 2. The zero-order valence-corrected chi connectivity index (χ0v) is 23.5. The Labute approximate surface area is 237 Å². The second-order valence-electron chi connectivity index (χ2n) is 8.85. The number of ether oxygens (including phenoxy) is 4. The summed E-state index contributed by atoms with van der Waals surface area (Å²) >= 11 is 0. The molecule has 41 heavy (non-hydrogen) atoms. The smallest absolute Gasteiger partial charge is 0.339 e. The highest BCUT2D eigenvalue weighted by molar-refractivity contribution is 6.04. The molecule has 0 fully saturated rings. The lowest BCUT2D eigenvalue weighted by Crippen LogP contribution is -2.16. The maximum Gasteiger partial charge on any atom is 0.339 e. The van der Waals surface area contributed by atoms with E-state index >= 15 is 0 Å². The SMILES string of the molecule is COC(=O)c1ccc(C(=O)OC)c(NC(=O)CCCCCCCC(=O)Nc2cc(C(=O)OC)ccc2C(=O)OC)c1. The Hall–Kier alpha value is -4.74. The van der Waals surface area contributed by atoms with Gasteiger partial charge in [-0.3, -0.25) is 9.59 Å². The van der Waals surface area contributed by atoms with Crippen LogP contribution >= 0.6 is 0 Å². The molecule has 0 bridgehead atoms. The van der Waals surface area contributed by atoms with Gasteiger partial charge in [-0.25, -0.2) is 19.2 Å². The summed E-state index contributed by atoms with van der Waals surface area (Å²) in [5.41, 5.74) is 0.894. The number of benzene rings is 2. The summed E-state index contributed by atoms with van der Waals surface area (Å²) in [6.45, 7) is 0. The zero-order valence-electron chi connectivity index (χ0n) is 23.5. The molecule has 0 radical (unpaired) electrons. The van der Waals surface area contributed by atoms with Crippen molar-refractivity contribution in [3.63, 3.8) is 0 Å². The van der Waals surface area contributed by atoms with Gasteiger partial charge in [0.25, 0.3) is 0 Å². The number of nitrogens with one attached hydrogen (secondary N) is 2. The lowest BCUT2D eigenvalue weighted by atomic mass is 10.1. The van der Waals surface area contributed by atoms with Gasteiger partial charge in [-0.15, -0.1) is 0 Å². The highest BCUT2D eigenvalue weighted by Gasteiger charge is 2.18. The Balaban J connectivity index is 1.80. The first-order valence-corrected chi connectivity index (χ1v) is 12.9. The summed E-state index contributed by atoms with van der Waals surface area (Å²) in [5, 5.41) is 5.31. The van der Waals surface area contributed by atoms with E-state index in [0.717, 1.165) is 19.3 Å². The molecule has 0 saturated carbocycles. The Kier molecular flexibility index (Phi) is 13.0. The second-order valence-corrected chi connectivity index (χ2v) is 8.85. The molecular weight excluding hydrogens is 536 g/mol. The molecule has 0 aromatic heterocycles. The number of hydrogen-bond donors (Lipinski definition) is 2. The zero-order chi connectivity index (χ0) is 30.4. The van der Waals surface area contributed by atoms with E-state index < -0.39 is 23.9 Å². The third-order valence-corrected chi connectivity index (χ3v) is 6.05. The van der Waals surface area contributed by atoms with Gasteiger partial charge in [0, 0.05) is 12.8 Å². The molecule has 0 spiro atoms. The predicted octanol–water partition coefficient (Wildman–Crippen LogP) is 4.14. The van der Waals surface area contributed by atoms with Crippen LogP contribution in [-0.4, -0.2) is 64.1 Å². The minimum atomic E-state index is -0.654. The number of carbonyl (C=O) groups excluding carboxylic acids is 6. The fourth-order valence-electron chi connectivity index (χ4n) is 3.89. The fourth-order valence-corrected chi connectivity index (χ4v) is 3.89. The highest BCUT2D eigenvalue weighted by atomic mass is 16.5. The summed E-state index contributed by atoms with van der Waals surface area (Å²) in [5.74, 6) is -3.18. The third kappa shape index (κ3) is 9.75. The van der Waals surface area contributed by atoms with Crippen LogP contribution in [0.4, 0.5) is 11.4 Å². The lowest BCUT2D eigenvalue weighted by molar-refractivity contribution is -0.117. The summed E-state index contributed by atoms with van der Waals surface area (Å²) in [6, 6.07) is 8.31. The maximum absolute atomic E-state index is 12.5. The van der Waals surface area contributed by atoms with Crippen molar-refractivity contribution in [1.82, 2.24) is 0 Å². The average Bonchev–Trinajstić information content (AvgIpc) is 2.98. The molecule has 0 saturated heterocycles. The van der Waals surface area contributed by atoms with Gasteiger partial charge in [0.05, 0.1) is 62.1 Å². The Morgan fingerprint density at radius 3 is 1.20 bits per heavy atom. The lowest BCUT2D eigenvalue weighted by Gasteiger charge is -2.12. The van der Waals surface area contributed by atoms with Crippen LogP contribution in [0.15, 0.2) is 36.4 Å². The van der Waals surface area contributed by atoms with Crippen molar-refractivity contribution in [2.75, 3.05) is 39.1 Å². The van der Waals surface area contributed by atoms with Crippen LogP contribution < -0.4 is 10.6 Å². The first-order chi connectivity index (χ1) is 19.6. The first-order valence-electron chi connectivity index (χ1n) is 12.9. The highest BCUT2D eigenvalue weighted by Crippen LogP contribution is 2.22. The van der Waals surface area contributed by atoms with Crippen molar-refractivity contribution in [3.8, 4) is 0 Å². The molecule has 2 aromatic rings. The van der Waals surface area contributed by atoms with Crippen LogP contribution in [-0.2, 0) is 28.5 Å². The van der Waals surface area contributed by atoms with Crippen molar-refractivity contribution in [2.24, 2.45) is 0 Å². The van der Waals surface area contributed by atoms with Crippen LogP contribution in [0.5, 0.6) is 0 Å². The standard InChI is InChI=1S/C29H34N2O10/c1-38-26(34)18-12-14-20(28(36)40-3)22(16-18)30-24(32)10-8-6-5-7-9-11-25(33)31-23-17-19(27(35)39-2)13-15-21(23)29(37)41-4/h12-17H,5-11H2,1-4H3,(H,30,32)(H,31,33). The summed E-state index contributed by atoms with van der Waals surface area (Å²) < 4.78 is 18.9. The molecule has 0 heterocycles. The minimum absolute atomic E-state index is 0.113. The normalized spacial score (nSPS) is 10.2. The van der Waals surface area contributed by atoms with Gasteiger partial charge in [-0.1, -0.05) is 19.3 Å². The van der Waals surface area contributed by atoms with Crippen molar-refractivity contribution >= 4 is 47.1 Å². The van der Waals surface area contributed by atoms with Gasteiger partial charge in [0.15, 0.2) is 0 Å². The van der Waals surface area contributed by atoms with Crippen LogP contribution in [0, 0.1) is 0 Å². The van der Waals surface area contributed by atoms with E-state index in [1.807, 2.05) is 0 Å². The molecule has 0 unspecified atom stereocenters. The van der Waals surface area contributed by atoms with Crippen LogP contribution in [0.2, 0.25) is 0 Å². The molecule has 0 aliphatic heterocycles. The predicted molar refractivity (Wildman–Crippen MR) is 148 cm³/mol. The maximum atomic E-state index is 12.5. The number of methoxy groups -OCH3 is 4. The van der Waals surface area contributed by atoms with Crippen LogP contribution in [0.25, 0.3) is 0 Å². The number of rotatable bonds is 14. The third-order valence-electron chi connectivity index (χ3n) is 6.05. The molecule has 12 nitrogen and oxygen atoms in total. The molecule has 2 amide bonds. The summed E-state index contributed by atoms with van der Waals surface area (Å²) in [6.07, 6.45) is 3.77. The first kappa shape index (κ1) is 32.5. The molecular formula is C29H34N2O10. The Morgan fingerprint density at radius 2 is 0.854 bits per heavy atom. The van der Waals surface area contributed by atoms with E-state index in [1.165, 1.54) is 64.8 Å². The topological polar surface area (TPSA) is 163 Å². The largest absolute Gasteiger partial charge is 0.465 e. The Morgan fingerprint density at radius 1 is 0.512 bits per heavy atom. The minimum Gasteiger partial charge on any atom is -0.465 e. The number of esters is 4. The monoisotopic (exact) mass is 570 g/mol. The number of hydrogen-bond acceptors (Lipinski definition) is 10. The Bertz CT molecular complexity index is 1190. The second kappa shape index (κ2) is 16.4. The number of carbonyl (C=O) groups is 6. The summed E-state index contributed by atoms with van der Waals surface area (Å²) in [4.78, 5) is 72.7. The van der Waals surface area contributed by atoms with E-state index in [-0.39, 0.29) is 58.3 Å². The molecule has 0 aliphatic rings. The van der Waals surface area contributed by atoms with Crippen molar-refractivity contribution < 1.29 is 47.7 Å².